The summed E-state index contributed by atoms with van der Waals surface area (Å²) in [6.07, 6.45) is 0.608. The zero-order valence-corrected chi connectivity index (χ0v) is 12.8. The molecule has 2 unspecified atom stereocenters. The molecule has 1 aliphatic rings. The molecule has 2 atom stereocenters. The van der Waals surface area contributed by atoms with E-state index >= 15 is 0 Å². The minimum Gasteiger partial charge on any atom is -0.481 e. The molecule has 2 amide bonds. The van der Waals surface area contributed by atoms with Crippen LogP contribution >= 0.6 is 0 Å². The molecule has 0 aromatic heterocycles. The van der Waals surface area contributed by atoms with Gasteiger partial charge in [0, 0.05) is 26.1 Å². The van der Waals surface area contributed by atoms with Gasteiger partial charge in [-0.25, -0.2) is 0 Å². The molecule has 0 aliphatic carbocycles. The first kappa shape index (κ1) is 15.4. The Bertz CT molecular complexity index is 513. The first-order valence-electron chi connectivity index (χ1n) is 7.23. The van der Waals surface area contributed by atoms with Crippen molar-refractivity contribution in [3.05, 3.63) is 29.8 Å². The molecule has 1 aromatic carbocycles. The van der Waals surface area contributed by atoms with E-state index < -0.39 is 6.10 Å². The van der Waals surface area contributed by atoms with Gasteiger partial charge in [0.05, 0.1) is 0 Å². The number of benzene rings is 1. The maximum Gasteiger partial charge on any atom is 0.261 e. The van der Waals surface area contributed by atoms with Crippen LogP contribution in [0.15, 0.2) is 24.3 Å². The van der Waals surface area contributed by atoms with Crippen molar-refractivity contribution in [2.75, 3.05) is 13.6 Å². The average molecular weight is 290 g/mol. The van der Waals surface area contributed by atoms with E-state index in [-0.39, 0.29) is 17.9 Å². The van der Waals surface area contributed by atoms with E-state index in [1.54, 1.807) is 18.9 Å². The van der Waals surface area contributed by atoms with E-state index in [0.717, 1.165) is 5.56 Å². The molecule has 1 aliphatic heterocycles. The second kappa shape index (κ2) is 6.61. The van der Waals surface area contributed by atoms with Crippen molar-refractivity contribution in [2.24, 2.45) is 0 Å². The molecule has 2 rings (SSSR count). The molecule has 5 heteroatoms. The number of piperidine rings is 1. The van der Waals surface area contributed by atoms with Crippen molar-refractivity contribution in [3.63, 3.8) is 0 Å². The van der Waals surface area contributed by atoms with E-state index in [2.05, 4.69) is 5.32 Å². The van der Waals surface area contributed by atoms with Crippen LogP contribution < -0.4 is 10.1 Å². The van der Waals surface area contributed by atoms with E-state index in [9.17, 15) is 9.59 Å². The number of hydrogen-bond donors (Lipinski definition) is 1. The number of amides is 2. The Balaban J connectivity index is 1.85. The first-order valence-corrected chi connectivity index (χ1v) is 7.23. The molecule has 0 saturated carbocycles. The molecule has 5 nitrogen and oxygen atoms in total. The van der Waals surface area contributed by atoms with Crippen molar-refractivity contribution in [3.8, 4) is 5.75 Å². The van der Waals surface area contributed by atoms with E-state index in [1.807, 2.05) is 31.2 Å². The Kier molecular flexibility index (Phi) is 4.83. The third-order valence-corrected chi connectivity index (χ3v) is 3.68. The summed E-state index contributed by atoms with van der Waals surface area (Å²) in [5, 5.41) is 2.94. The molecule has 1 saturated heterocycles. The third kappa shape index (κ3) is 4.21. The maximum atomic E-state index is 12.1. The minimum absolute atomic E-state index is 0.00395. The zero-order chi connectivity index (χ0) is 15.4. The van der Waals surface area contributed by atoms with E-state index in [4.69, 9.17) is 4.74 Å². The number of rotatable bonds is 4. The summed E-state index contributed by atoms with van der Waals surface area (Å²) in [4.78, 5) is 25.2. The lowest BCUT2D eigenvalue weighted by Crippen LogP contribution is -2.51. The zero-order valence-electron chi connectivity index (χ0n) is 12.8. The SMILES string of the molecule is Cc1ccc(OC(C)C(=O)NC2CCC(=O)N(C)C2)cc1. The number of ether oxygens (including phenoxy) is 1. The van der Waals surface area contributed by atoms with Gasteiger partial charge in [-0.1, -0.05) is 17.7 Å². The van der Waals surface area contributed by atoms with Crippen LogP contribution in [0.3, 0.4) is 0 Å². The summed E-state index contributed by atoms with van der Waals surface area (Å²) < 4.78 is 5.63. The van der Waals surface area contributed by atoms with Gasteiger partial charge in [-0.3, -0.25) is 9.59 Å². The predicted octanol–water partition coefficient (Wildman–Crippen LogP) is 1.50. The third-order valence-electron chi connectivity index (χ3n) is 3.68. The highest BCUT2D eigenvalue weighted by atomic mass is 16.5. The standard InChI is InChI=1S/C16H22N2O3/c1-11-4-7-14(8-5-11)21-12(2)16(20)17-13-6-9-15(19)18(3)10-13/h4-5,7-8,12-13H,6,9-10H2,1-3H3,(H,17,20). The van der Waals surface area contributed by atoms with E-state index in [1.165, 1.54) is 0 Å². The van der Waals surface area contributed by atoms with Crippen LogP contribution in [0, 0.1) is 6.92 Å². The molecule has 1 fully saturated rings. The lowest BCUT2D eigenvalue weighted by Gasteiger charge is -2.30. The van der Waals surface area contributed by atoms with Crippen molar-refractivity contribution in [1.82, 2.24) is 10.2 Å². The van der Waals surface area contributed by atoms with Gasteiger partial charge in [0.1, 0.15) is 5.75 Å². The topological polar surface area (TPSA) is 58.6 Å². The number of carbonyl (C=O) groups excluding carboxylic acids is 2. The quantitative estimate of drug-likeness (QED) is 0.914. The van der Waals surface area contributed by atoms with Crippen molar-refractivity contribution >= 4 is 11.8 Å². The van der Waals surface area contributed by atoms with Crippen LogP contribution in [0.5, 0.6) is 5.75 Å². The molecule has 1 N–H and O–H groups in total. The number of carbonyl (C=O) groups is 2. The molecule has 21 heavy (non-hydrogen) atoms. The van der Waals surface area contributed by atoms with Crippen LogP contribution in [-0.4, -0.2) is 42.5 Å². The van der Waals surface area contributed by atoms with Crippen LogP contribution in [0.25, 0.3) is 0 Å². The summed E-state index contributed by atoms with van der Waals surface area (Å²) in [6.45, 7) is 4.29. The van der Waals surface area contributed by atoms with Crippen molar-refractivity contribution in [2.45, 2.75) is 38.8 Å². The predicted molar refractivity (Wildman–Crippen MR) is 80.1 cm³/mol. The summed E-state index contributed by atoms with van der Waals surface area (Å²) in [5.74, 6) is 0.659. The van der Waals surface area contributed by atoms with Gasteiger partial charge in [-0.05, 0) is 32.4 Å². The second-order valence-electron chi connectivity index (χ2n) is 5.59. The number of nitrogens with one attached hydrogen (secondary N) is 1. The minimum atomic E-state index is -0.560. The van der Waals surface area contributed by atoms with Gasteiger partial charge >= 0.3 is 0 Å². The van der Waals surface area contributed by atoms with Gasteiger partial charge in [0.25, 0.3) is 5.91 Å². The normalized spacial score (nSPS) is 20.0. The Labute approximate surface area is 125 Å². The number of nitrogens with zero attached hydrogens (tertiary/aromatic N) is 1. The largest absolute Gasteiger partial charge is 0.481 e. The Hall–Kier alpha value is -2.04. The molecule has 0 radical (unpaired) electrons. The molecule has 1 aromatic rings. The highest BCUT2D eigenvalue weighted by Crippen LogP contribution is 2.14. The average Bonchev–Trinajstić information content (AvgIpc) is 2.45. The van der Waals surface area contributed by atoms with Gasteiger partial charge in [0.15, 0.2) is 6.10 Å². The van der Waals surface area contributed by atoms with Gasteiger partial charge in [-0.2, -0.15) is 0 Å². The van der Waals surface area contributed by atoms with E-state index in [0.29, 0.717) is 25.1 Å². The fraction of sp³-hybridized carbons (Fsp3) is 0.500. The first-order chi connectivity index (χ1) is 9.95. The Morgan fingerprint density at radius 1 is 1.38 bits per heavy atom. The number of likely N-dealkylation sites (tertiary alicyclic amines) is 1. The monoisotopic (exact) mass is 290 g/mol. The molecular weight excluding hydrogens is 268 g/mol. The summed E-state index contributed by atoms with van der Waals surface area (Å²) in [5.41, 5.74) is 1.15. The van der Waals surface area contributed by atoms with Crippen molar-refractivity contribution < 1.29 is 14.3 Å². The summed E-state index contributed by atoms with van der Waals surface area (Å²) >= 11 is 0. The molecule has 1 heterocycles. The highest BCUT2D eigenvalue weighted by molar-refractivity contribution is 5.82. The highest BCUT2D eigenvalue weighted by Gasteiger charge is 2.26. The fourth-order valence-electron chi connectivity index (χ4n) is 2.32. The fourth-order valence-corrected chi connectivity index (χ4v) is 2.32. The second-order valence-corrected chi connectivity index (χ2v) is 5.59. The molecular formula is C16H22N2O3. The number of hydrogen-bond acceptors (Lipinski definition) is 3. The van der Waals surface area contributed by atoms with Crippen LogP contribution in [0.2, 0.25) is 0 Å². The lowest BCUT2D eigenvalue weighted by atomic mass is 10.1. The van der Waals surface area contributed by atoms with Gasteiger partial charge in [0.2, 0.25) is 5.91 Å². The summed E-state index contributed by atoms with van der Waals surface area (Å²) in [7, 11) is 1.76. The van der Waals surface area contributed by atoms with Gasteiger partial charge < -0.3 is 15.0 Å². The van der Waals surface area contributed by atoms with Crippen LogP contribution in [0.1, 0.15) is 25.3 Å². The molecule has 0 spiro atoms. The van der Waals surface area contributed by atoms with Crippen LogP contribution in [0.4, 0.5) is 0 Å². The van der Waals surface area contributed by atoms with Crippen LogP contribution in [-0.2, 0) is 9.59 Å². The number of aryl methyl sites for hydroxylation is 1. The Morgan fingerprint density at radius 3 is 2.67 bits per heavy atom. The van der Waals surface area contributed by atoms with Gasteiger partial charge in [-0.15, -0.1) is 0 Å². The molecule has 0 bridgehead atoms. The number of likely N-dealkylation sites (N-methyl/N-ethyl adjacent to an activating group) is 1. The summed E-state index contributed by atoms with van der Waals surface area (Å²) in [6, 6.07) is 7.60. The maximum absolute atomic E-state index is 12.1. The molecule has 114 valence electrons. The Morgan fingerprint density at radius 2 is 2.05 bits per heavy atom. The van der Waals surface area contributed by atoms with Crippen molar-refractivity contribution in [1.29, 1.82) is 0 Å². The smallest absolute Gasteiger partial charge is 0.261 e. The lowest BCUT2D eigenvalue weighted by molar-refractivity contribution is -0.135.